The molecule has 154 valence electrons. The van der Waals surface area contributed by atoms with E-state index in [2.05, 4.69) is 17.2 Å². The summed E-state index contributed by atoms with van der Waals surface area (Å²) in [5.41, 5.74) is -0.0358. The number of alkyl halides is 3. The zero-order valence-electron chi connectivity index (χ0n) is 15.9. The first kappa shape index (κ1) is 22.0. The van der Waals surface area contributed by atoms with E-state index in [0.29, 0.717) is 11.5 Å². The molecule has 0 aliphatic heterocycles. The average molecular weight is 407 g/mol. The van der Waals surface area contributed by atoms with Crippen molar-refractivity contribution in [3.8, 4) is 29.1 Å². The minimum absolute atomic E-state index is 0.0756. The molecule has 0 aliphatic rings. The minimum Gasteiger partial charge on any atom is -0.493 e. The standard InChI is InChI=1S/C21H20F3NO4/c1-27-18-9-8-15(12-19(18)28-2)13-20(26)25-10-3-4-11-29-17-7-5-6-16(14-17)21(22,23)24/h5-9,12,14H,10-11,13H2,1-2H3,(H,25,26). The maximum absolute atomic E-state index is 12.6. The Morgan fingerprint density at radius 3 is 2.48 bits per heavy atom. The van der Waals surface area contributed by atoms with Crippen molar-refractivity contribution in [2.45, 2.75) is 12.6 Å². The predicted molar refractivity (Wildman–Crippen MR) is 101 cm³/mol. The first-order valence-corrected chi connectivity index (χ1v) is 8.57. The summed E-state index contributed by atoms with van der Waals surface area (Å²) in [6, 6.07) is 9.75. The third kappa shape index (κ3) is 6.96. The third-order valence-corrected chi connectivity index (χ3v) is 3.78. The second kappa shape index (κ2) is 10.3. The summed E-state index contributed by atoms with van der Waals surface area (Å²) >= 11 is 0. The maximum Gasteiger partial charge on any atom is 0.416 e. The van der Waals surface area contributed by atoms with Gasteiger partial charge in [0.25, 0.3) is 0 Å². The fourth-order valence-electron chi connectivity index (χ4n) is 2.38. The van der Waals surface area contributed by atoms with Gasteiger partial charge in [0, 0.05) is 0 Å². The summed E-state index contributed by atoms with van der Waals surface area (Å²) in [5, 5.41) is 2.64. The number of halogens is 3. The van der Waals surface area contributed by atoms with E-state index in [9.17, 15) is 18.0 Å². The number of hydrogen-bond acceptors (Lipinski definition) is 4. The second-order valence-electron chi connectivity index (χ2n) is 5.81. The van der Waals surface area contributed by atoms with Gasteiger partial charge in [0.15, 0.2) is 11.5 Å². The quantitative estimate of drug-likeness (QED) is 0.715. The van der Waals surface area contributed by atoms with E-state index in [1.807, 2.05) is 0 Å². The van der Waals surface area contributed by atoms with Gasteiger partial charge in [-0.2, -0.15) is 13.2 Å². The van der Waals surface area contributed by atoms with Crippen LogP contribution in [0.3, 0.4) is 0 Å². The van der Waals surface area contributed by atoms with Gasteiger partial charge in [0.05, 0.1) is 32.7 Å². The van der Waals surface area contributed by atoms with Crippen LogP contribution in [0.1, 0.15) is 11.1 Å². The van der Waals surface area contributed by atoms with Crippen LogP contribution in [-0.2, 0) is 17.4 Å². The normalized spacial score (nSPS) is 10.5. The lowest BCUT2D eigenvalue weighted by molar-refractivity contribution is -0.137. The number of amides is 1. The summed E-state index contributed by atoms with van der Waals surface area (Å²) in [5.74, 6) is 6.27. The van der Waals surface area contributed by atoms with Crippen LogP contribution in [0.15, 0.2) is 42.5 Å². The van der Waals surface area contributed by atoms with Gasteiger partial charge in [0.2, 0.25) is 5.91 Å². The Hall–Kier alpha value is -3.34. The zero-order chi connectivity index (χ0) is 21.3. The number of methoxy groups -OCH3 is 2. The highest BCUT2D eigenvalue weighted by molar-refractivity contribution is 5.79. The largest absolute Gasteiger partial charge is 0.493 e. The van der Waals surface area contributed by atoms with Gasteiger partial charge in [-0.15, -0.1) is 0 Å². The molecule has 0 spiro atoms. The Kier molecular flexibility index (Phi) is 7.78. The molecular weight excluding hydrogens is 387 g/mol. The summed E-state index contributed by atoms with van der Waals surface area (Å²) in [6.45, 7) is 0.00489. The summed E-state index contributed by atoms with van der Waals surface area (Å²) in [4.78, 5) is 12.0. The van der Waals surface area contributed by atoms with Crippen LogP contribution in [-0.4, -0.2) is 33.3 Å². The van der Waals surface area contributed by atoms with Crippen molar-refractivity contribution in [2.24, 2.45) is 0 Å². The highest BCUT2D eigenvalue weighted by atomic mass is 19.4. The summed E-state index contributed by atoms with van der Waals surface area (Å²) in [7, 11) is 3.04. The highest BCUT2D eigenvalue weighted by Crippen LogP contribution is 2.31. The lowest BCUT2D eigenvalue weighted by Gasteiger charge is -2.09. The Balaban J connectivity index is 1.77. The van der Waals surface area contributed by atoms with E-state index in [4.69, 9.17) is 14.2 Å². The number of carbonyl (C=O) groups excluding carboxylic acids is 1. The molecule has 1 N–H and O–H groups in total. The van der Waals surface area contributed by atoms with Crippen molar-refractivity contribution in [3.63, 3.8) is 0 Å². The maximum atomic E-state index is 12.6. The first-order chi connectivity index (χ1) is 13.8. The highest BCUT2D eigenvalue weighted by Gasteiger charge is 2.30. The molecule has 0 aromatic heterocycles. The summed E-state index contributed by atoms with van der Waals surface area (Å²) < 4.78 is 53.4. The molecule has 0 fully saturated rings. The molecule has 0 aliphatic carbocycles. The molecule has 0 saturated heterocycles. The van der Waals surface area contributed by atoms with Crippen molar-refractivity contribution in [1.29, 1.82) is 0 Å². The van der Waals surface area contributed by atoms with Crippen LogP contribution in [0.2, 0.25) is 0 Å². The van der Waals surface area contributed by atoms with Crippen molar-refractivity contribution >= 4 is 5.91 Å². The molecule has 0 bridgehead atoms. The Labute approximate surface area is 166 Å². The molecule has 2 rings (SSSR count). The lowest BCUT2D eigenvalue weighted by Crippen LogP contribution is -2.25. The molecule has 2 aromatic rings. The molecule has 1 amide bonds. The van der Waals surface area contributed by atoms with Gasteiger partial charge in [-0.1, -0.05) is 24.0 Å². The first-order valence-electron chi connectivity index (χ1n) is 8.57. The van der Waals surface area contributed by atoms with E-state index in [1.165, 1.54) is 26.4 Å². The Morgan fingerprint density at radius 1 is 1.03 bits per heavy atom. The van der Waals surface area contributed by atoms with Gasteiger partial charge in [-0.3, -0.25) is 4.79 Å². The van der Waals surface area contributed by atoms with E-state index in [-0.39, 0.29) is 31.2 Å². The van der Waals surface area contributed by atoms with Crippen molar-refractivity contribution in [3.05, 3.63) is 53.6 Å². The van der Waals surface area contributed by atoms with Gasteiger partial charge in [-0.25, -0.2) is 0 Å². The van der Waals surface area contributed by atoms with E-state index >= 15 is 0 Å². The van der Waals surface area contributed by atoms with Crippen LogP contribution in [0.5, 0.6) is 17.2 Å². The van der Waals surface area contributed by atoms with Crippen LogP contribution in [0.25, 0.3) is 0 Å². The molecule has 0 radical (unpaired) electrons. The molecular formula is C21H20F3NO4. The van der Waals surface area contributed by atoms with Crippen LogP contribution >= 0.6 is 0 Å². The molecule has 5 nitrogen and oxygen atoms in total. The van der Waals surface area contributed by atoms with Gasteiger partial charge in [0.1, 0.15) is 12.4 Å². The number of rotatable bonds is 7. The average Bonchev–Trinajstić information content (AvgIpc) is 2.70. The monoisotopic (exact) mass is 407 g/mol. The number of ether oxygens (including phenoxy) is 3. The van der Waals surface area contributed by atoms with E-state index in [0.717, 1.165) is 17.7 Å². The van der Waals surface area contributed by atoms with Gasteiger partial charge in [-0.05, 0) is 35.9 Å². The number of nitrogens with one attached hydrogen (secondary N) is 1. The summed E-state index contributed by atoms with van der Waals surface area (Å²) in [6.07, 6.45) is -4.29. The lowest BCUT2D eigenvalue weighted by atomic mass is 10.1. The zero-order valence-corrected chi connectivity index (χ0v) is 15.9. The fourth-order valence-corrected chi connectivity index (χ4v) is 2.38. The van der Waals surface area contributed by atoms with E-state index < -0.39 is 11.7 Å². The smallest absolute Gasteiger partial charge is 0.416 e. The third-order valence-electron chi connectivity index (χ3n) is 3.78. The topological polar surface area (TPSA) is 56.8 Å². The van der Waals surface area contributed by atoms with Gasteiger partial charge < -0.3 is 19.5 Å². The van der Waals surface area contributed by atoms with Gasteiger partial charge >= 0.3 is 6.18 Å². The second-order valence-corrected chi connectivity index (χ2v) is 5.81. The Morgan fingerprint density at radius 2 is 1.79 bits per heavy atom. The van der Waals surface area contributed by atoms with Crippen LogP contribution < -0.4 is 19.5 Å². The van der Waals surface area contributed by atoms with Crippen molar-refractivity contribution in [2.75, 3.05) is 27.4 Å². The molecule has 0 heterocycles. The molecule has 0 saturated carbocycles. The number of carbonyl (C=O) groups is 1. The van der Waals surface area contributed by atoms with Crippen LogP contribution in [0, 0.1) is 11.8 Å². The van der Waals surface area contributed by atoms with Crippen LogP contribution in [0.4, 0.5) is 13.2 Å². The molecule has 0 atom stereocenters. The number of hydrogen-bond donors (Lipinski definition) is 1. The molecule has 8 heteroatoms. The van der Waals surface area contributed by atoms with E-state index in [1.54, 1.807) is 18.2 Å². The van der Waals surface area contributed by atoms with Crippen molar-refractivity contribution < 1.29 is 32.2 Å². The molecule has 2 aromatic carbocycles. The minimum atomic E-state index is -4.43. The predicted octanol–water partition coefficient (Wildman–Crippen LogP) is 3.46. The van der Waals surface area contributed by atoms with Crippen molar-refractivity contribution in [1.82, 2.24) is 5.32 Å². The SMILES string of the molecule is COc1ccc(CC(=O)NCC#CCOc2cccc(C(F)(F)F)c2)cc1OC. The number of benzene rings is 2. The molecule has 0 unspecified atom stereocenters. The fraction of sp³-hybridized carbons (Fsp3) is 0.286. The Bertz CT molecular complexity index is 901. The molecule has 29 heavy (non-hydrogen) atoms.